The third-order valence-corrected chi connectivity index (χ3v) is 2.88. The standard InChI is InChI=1S/C12H20N4O2/c1-8(2)18-12-15-10(13)14-11(16-12)17-7-9-5-3-4-6-9/h8-9H,3-7H2,1-2H3,(H2,13,14,15,16). The van der Waals surface area contributed by atoms with E-state index in [1.807, 2.05) is 13.8 Å². The van der Waals surface area contributed by atoms with Crippen LogP contribution in [0.5, 0.6) is 12.0 Å². The van der Waals surface area contributed by atoms with Gasteiger partial charge in [0.25, 0.3) is 0 Å². The van der Waals surface area contributed by atoms with E-state index in [9.17, 15) is 0 Å². The predicted octanol–water partition coefficient (Wildman–Crippen LogP) is 1.81. The second-order valence-electron chi connectivity index (χ2n) is 4.89. The lowest BCUT2D eigenvalue weighted by atomic mass is 10.1. The number of anilines is 1. The highest BCUT2D eigenvalue weighted by atomic mass is 16.5. The normalized spacial score (nSPS) is 16.2. The number of nitrogen functional groups attached to an aromatic ring is 1. The summed E-state index contributed by atoms with van der Waals surface area (Å²) in [5.74, 6) is 0.736. The van der Waals surface area contributed by atoms with Gasteiger partial charge in [-0.15, -0.1) is 4.98 Å². The summed E-state index contributed by atoms with van der Waals surface area (Å²) < 4.78 is 11.0. The van der Waals surface area contributed by atoms with Crippen LogP contribution in [0.3, 0.4) is 0 Å². The maximum absolute atomic E-state index is 5.60. The van der Waals surface area contributed by atoms with Crippen molar-refractivity contribution in [3.05, 3.63) is 0 Å². The summed E-state index contributed by atoms with van der Waals surface area (Å²) in [5.41, 5.74) is 5.60. The molecule has 0 amide bonds. The van der Waals surface area contributed by atoms with Crippen molar-refractivity contribution in [2.75, 3.05) is 12.3 Å². The van der Waals surface area contributed by atoms with Crippen LogP contribution in [0, 0.1) is 5.92 Å². The Kier molecular flexibility index (Phi) is 4.17. The van der Waals surface area contributed by atoms with Crippen LogP contribution in [0.2, 0.25) is 0 Å². The molecule has 0 bridgehead atoms. The minimum absolute atomic E-state index is 0.00511. The summed E-state index contributed by atoms with van der Waals surface area (Å²) in [6, 6.07) is 0.476. The topological polar surface area (TPSA) is 83.2 Å². The fourth-order valence-corrected chi connectivity index (χ4v) is 2.05. The van der Waals surface area contributed by atoms with Crippen LogP contribution in [0.1, 0.15) is 39.5 Å². The number of aromatic nitrogens is 3. The molecule has 0 saturated heterocycles. The average molecular weight is 252 g/mol. The van der Waals surface area contributed by atoms with Gasteiger partial charge in [0, 0.05) is 0 Å². The maximum Gasteiger partial charge on any atom is 0.324 e. The minimum Gasteiger partial charge on any atom is -0.463 e. The minimum atomic E-state index is -0.00511. The Balaban J connectivity index is 1.96. The van der Waals surface area contributed by atoms with Crippen LogP contribution in [-0.2, 0) is 0 Å². The van der Waals surface area contributed by atoms with Crippen molar-refractivity contribution in [1.29, 1.82) is 0 Å². The third kappa shape index (κ3) is 3.72. The van der Waals surface area contributed by atoms with Crippen molar-refractivity contribution < 1.29 is 9.47 Å². The second-order valence-corrected chi connectivity index (χ2v) is 4.89. The van der Waals surface area contributed by atoms with E-state index in [0.29, 0.717) is 12.5 Å². The number of nitrogens with zero attached hydrogens (tertiary/aromatic N) is 3. The molecule has 1 aromatic heterocycles. The molecule has 18 heavy (non-hydrogen) atoms. The summed E-state index contributed by atoms with van der Waals surface area (Å²) in [4.78, 5) is 12.0. The third-order valence-electron chi connectivity index (χ3n) is 2.88. The molecule has 1 heterocycles. The van der Waals surface area contributed by atoms with Crippen LogP contribution < -0.4 is 15.2 Å². The van der Waals surface area contributed by atoms with Crippen molar-refractivity contribution in [1.82, 2.24) is 15.0 Å². The van der Waals surface area contributed by atoms with Crippen molar-refractivity contribution in [2.24, 2.45) is 5.92 Å². The molecule has 0 radical (unpaired) electrons. The molecule has 1 aromatic rings. The van der Waals surface area contributed by atoms with E-state index < -0.39 is 0 Å². The van der Waals surface area contributed by atoms with Gasteiger partial charge in [-0.05, 0) is 32.6 Å². The highest BCUT2D eigenvalue weighted by molar-refractivity contribution is 5.20. The summed E-state index contributed by atoms with van der Waals surface area (Å²) in [7, 11) is 0. The Bertz CT molecular complexity index is 392. The highest BCUT2D eigenvalue weighted by Gasteiger charge is 2.17. The van der Waals surface area contributed by atoms with Crippen LogP contribution in [-0.4, -0.2) is 27.7 Å². The smallest absolute Gasteiger partial charge is 0.324 e. The molecule has 100 valence electrons. The number of ether oxygens (including phenoxy) is 2. The Hall–Kier alpha value is -1.59. The Morgan fingerprint density at radius 2 is 1.83 bits per heavy atom. The molecule has 2 rings (SSSR count). The van der Waals surface area contributed by atoms with Crippen molar-refractivity contribution in [2.45, 2.75) is 45.6 Å². The molecule has 6 nitrogen and oxygen atoms in total. The van der Waals surface area contributed by atoms with E-state index in [2.05, 4.69) is 15.0 Å². The molecule has 1 aliphatic carbocycles. The van der Waals surface area contributed by atoms with Gasteiger partial charge in [0.15, 0.2) is 0 Å². The highest BCUT2D eigenvalue weighted by Crippen LogP contribution is 2.25. The lowest BCUT2D eigenvalue weighted by Crippen LogP contribution is -2.14. The first-order chi connectivity index (χ1) is 8.63. The molecule has 0 unspecified atom stereocenters. The largest absolute Gasteiger partial charge is 0.463 e. The van der Waals surface area contributed by atoms with E-state index >= 15 is 0 Å². The summed E-state index contributed by atoms with van der Waals surface area (Å²) in [6.07, 6.45) is 5.00. The van der Waals surface area contributed by atoms with Gasteiger partial charge in [-0.3, -0.25) is 0 Å². The molecular formula is C12H20N4O2. The number of hydrogen-bond acceptors (Lipinski definition) is 6. The van der Waals surface area contributed by atoms with Crippen molar-refractivity contribution in [3.63, 3.8) is 0 Å². The van der Waals surface area contributed by atoms with Gasteiger partial charge in [0.05, 0.1) is 12.7 Å². The van der Waals surface area contributed by atoms with Crippen molar-refractivity contribution >= 4 is 5.95 Å². The summed E-state index contributed by atoms with van der Waals surface area (Å²) >= 11 is 0. The van der Waals surface area contributed by atoms with E-state index in [0.717, 1.165) is 0 Å². The predicted molar refractivity (Wildman–Crippen MR) is 67.5 cm³/mol. The van der Waals surface area contributed by atoms with Gasteiger partial charge in [-0.25, -0.2) is 0 Å². The molecule has 1 aliphatic rings. The SMILES string of the molecule is CC(C)Oc1nc(N)nc(OCC2CCCC2)n1. The second kappa shape index (κ2) is 5.84. The lowest BCUT2D eigenvalue weighted by molar-refractivity contribution is 0.203. The molecule has 0 atom stereocenters. The fourth-order valence-electron chi connectivity index (χ4n) is 2.05. The van der Waals surface area contributed by atoms with Crippen LogP contribution in [0.25, 0.3) is 0 Å². The van der Waals surface area contributed by atoms with E-state index in [1.165, 1.54) is 25.7 Å². The van der Waals surface area contributed by atoms with Gasteiger partial charge in [-0.1, -0.05) is 12.8 Å². The molecule has 0 aliphatic heterocycles. The van der Waals surface area contributed by atoms with Gasteiger partial charge < -0.3 is 15.2 Å². The Labute approximate surface area is 107 Å². The zero-order valence-electron chi connectivity index (χ0n) is 10.9. The molecule has 0 spiro atoms. The van der Waals surface area contributed by atoms with Gasteiger partial charge in [-0.2, -0.15) is 9.97 Å². The number of rotatable bonds is 5. The van der Waals surface area contributed by atoms with E-state index in [1.54, 1.807) is 0 Å². The number of nitrogens with two attached hydrogens (primary N) is 1. The van der Waals surface area contributed by atoms with Crippen molar-refractivity contribution in [3.8, 4) is 12.0 Å². The summed E-state index contributed by atoms with van der Waals surface area (Å²) in [6.45, 7) is 4.45. The quantitative estimate of drug-likeness (QED) is 0.860. The zero-order chi connectivity index (χ0) is 13.0. The number of hydrogen-bond donors (Lipinski definition) is 1. The zero-order valence-corrected chi connectivity index (χ0v) is 10.9. The molecule has 6 heteroatoms. The van der Waals surface area contributed by atoms with Crippen LogP contribution in [0.4, 0.5) is 5.95 Å². The molecular weight excluding hydrogens is 232 g/mol. The maximum atomic E-state index is 5.60. The Morgan fingerprint density at radius 1 is 1.17 bits per heavy atom. The first kappa shape index (κ1) is 12.9. The molecule has 2 N–H and O–H groups in total. The Morgan fingerprint density at radius 3 is 2.50 bits per heavy atom. The van der Waals surface area contributed by atoms with E-state index in [-0.39, 0.29) is 24.1 Å². The van der Waals surface area contributed by atoms with Gasteiger partial charge in [0.2, 0.25) is 5.95 Å². The van der Waals surface area contributed by atoms with Gasteiger partial charge >= 0.3 is 12.0 Å². The lowest BCUT2D eigenvalue weighted by Gasteiger charge is -2.11. The fraction of sp³-hybridized carbons (Fsp3) is 0.750. The molecule has 1 fully saturated rings. The monoisotopic (exact) mass is 252 g/mol. The molecule has 0 aromatic carbocycles. The van der Waals surface area contributed by atoms with Crippen LogP contribution >= 0.6 is 0 Å². The molecule has 1 saturated carbocycles. The van der Waals surface area contributed by atoms with E-state index in [4.69, 9.17) is 15.2 Å². The first-order valence-corrected chi connectivity index (χ1v) is 6.44. The first-order valence-electron chi connectivity index (χ1n) is 6.44. The van der Waals surface area contributed by atoms with Crippen LogP contribution in [0.15, 0.2) is 0 Å². The summed E-state index contributed by atoms with van der Waals surface area (Å²) in [5, 5.41) is 0. The van der Waals surface area contributed by atoms with Gasteiger partial charge in [0.1, 0.15) is 0 Å². The average Bonchev–Trinajstić information content (AvgIpc) is 2.77.